The van der Waals surface area contributed by atoms with Gasteiger partial charge in [0.1, 0.15) is 0 Å². The van der Waals surface area contributed by atoms with Crippen molar-refractivity contribution in [1.29, 1.82) is 0 Å². The van der Waals surface area contributed by atoms with Gasteiger partial charge in [-0.2, -0.15) is 0 Å². The van der Waals surface area contributed by atoms with Gasteiger partial charge in [0.05, 0.1) is 13.2 Å². The molecule has 3 heterocycles. The first-order chi connectivity index (χ1) is 10.0. The number of nitrogens with zero attached hydrogens (tertiary/aromatic N) is 2. The monoisotopic (exact) mass is 293 g/mol. The Balaban J connectivity index is 1.60. The molecular formula is C16H27N3O2. The minimum atomic E-state index is 0.0920. The Morgan fingerprint density at radius 1 is 1.24 bits per heavy atom. The van der Waals surface area contributed by atoms with Crippen molar-refractivity contribution >= 4 is 5.91 Å². The van der Waals surface area contributed by atoms with Crippen molar-refractivity contribution in [3.63, 3.8) is 0 Å². The number of nitrogens with two attached hydrogens (primary N) is 1. The maximum Gasteiger partial charge on any atom is 0.225 e. The third-order valence-electron chi connectivity index (χ3n) is 4.89. The highest BCUT2D eigenvalue weighted by molar-refractivity contribution is 5.78. The Bertz CT molecular complexity index is 447. The van der Waals surface area contributed by atoms with Crippen LogP contribution in [0.1, 0.15) is 26.7 Å². The van der Waals surface area contributed by atoms with Crippen LogP contribution < -0.4 is 5.73 Å². The van der Waals surface area contributed by atoms with E-state index in [-0.39, 0.29) is 17.9 Å². The van der Waals surface area contributed by atoms with Crippen LogP contribution in [0.25, 0.3) is 0 Å². The van der Waals surface area contributed by atoms with Crippen LogP contribution in [-0.2, 0) is 9.53 Å². The van der Waals surface area contributed by atoms with Crippen LogP contribution in [-0.4, -0.2) is 67.2 Å². The maximum absolute atomic E-state index is 12.2. The van der Waals surface area contributed by atoms with E-state index in [0.717, 1.165) is 45.6 Å². The van der Waals surface area contributed by atoms with E-state index >= 15 is 0 Å². The average Bonchev–Trinajstić information content (AvgIpc) is 2.89. The summed E-state index contributed by atoms with van der Waals surface area (Å²) in [4.78, 5) is 16.7. The zero-order chi connectivity index (χ0) is 15.0. The predicted molar refractivity (Wildman–Crippen MR) is 81.8 cm³/mol. The first-order valence-electron chi connectivity index (χ1n) is 8.10. The third-order valence-corrected chi connectivity index (χ3v) is 4.89. The number of amides is 1. The van der Waals surface area contributed by atoms with Crippen LogP contribution in [0.15, 0.2) is 11.1 Å². The highest BCUT2D eigenvalue weighted by Gasteiger charge is 2.34. The van der Waals surface area contributed by atoms with Gasteiger partial charge in [-0.25, -0.2) is 0 Å². The van der Waals surface area contributed by atoms with E-state index in [9.17, 15) is 4.79 Å². The van der Waals surface area contributed by atoms with Crippen molar-refractivity contribution in [3.8, 4) is 0 Å². The Hall–Kier alpha value is -0.910. The van der Waals surface area contributed by atoms with Gasteiger partial charge >= 0.3 is 0 Å². The van der Waals surface area contributed by atoms with Crippen molar-refractivity contribution in [2.24, 2.45) is 11.7 Å². The summed E-state index contributed by atoms with van der Waals surface area (Å²) >= 11 is 0. The standard InChI is InChI=1S/C16H27N3O2/c1-11(2)16(20)18-4-3-12-6-19(8-13(12)7-18)15-5-14(17)9-21-10-15/h11,14-15H,3-10,17H2,1-2H3. The first kappa shape index (κ1) is 15.0. The first-order valence-corrected chi connectivity index (χ1v) is 8.10. The predicted octanol–water partition coefficient (Wildman–Crippen LogP) is 0.603. The van der Waals surface area contributed by atoms with E-state index in [1.165, 1.54) is 5.57 Å². The van der Waals surface area contributed by atoms with E-state index in [1.54, 1.807) is 5.57 Å². The van der Waals surface area contributed by atoms with Crippen LogP contribution in [0.5, 0.6) is 0 Å². The molecule has 2 atom stereocenters. The second-order valence-corrected chi connectivity index (χ2v) is 6.96. The molecule has 0 saturated carbocycles. The normalized spacial score (nSPS) is 31.0. The van der Waals surface area contributed by atoms with Gasteiger partial charge < -0.3 is 15.4 Å². The molecule has 0 aromatic carbocycles. The fourth-order valence-electron chi connectivity index (χ4n) is 3.67. The molecule has 3 rings (SSSR count). The Kier molecular flexibility index (Phi) is 4.33. The number of carbonyl (C=O) groups excluding carboxylic acids is 1. The summed E-state index contributed by atoms with van der Waals surface area (Å²) in [5, 5.41) is 0. The summed E-state index contributed by atoms with van der Waals surface area (Å²) in [5.74, 6) is 0.373. The minimum absolute atomic E-state index is 0.0920. The molecule has 0 radical (unpaired) electrons. The highest BCUT2D eigenvalue weighted by atomic mass is 16.5. The molecule has 0 aliphatic carbocycles. The summed E-state index contributed by atoms with van der Waals surface area (Å²) in [6, 6.07) is 0.606. The molecule has 0 spiro atoms. The molecule has 3 aliphatic heterocycles. The Morgan fingerprint density at radius 3 is 2.71 bits per heavy atom. The highest BCUT2D eigenvalue weighted by Crippen LogP contribution is 2.29. The van der Waals surface area contributed by atoms with E-state index in [4.69, 9.17) is 10.5 Å². The van der Waals surface area contributed by atoms with Crippen molar-refractivity contribution < 1.29 is 9.53 Å². The largest absolute Gasteiger partial charge is 0.378 e. The summed E-state index contributed by atoms with van der Waals surface area (Å²) in [7, 11) is 0. The summed E-state index contributed by atoms with van der Waals surface area (Å²) in [5.41, 5.74) is 9.01. The lowest BCUT2D eigenvalue weighted by Crippen LogP contribution is -2.47. The Labute approximate surface area is 127 Å². The number of rotatable bonds is 2. The molecule has 0 aromatic rings. The zero-order valence-corrected chi connectivity index (χ0v) is 13.2. The molecular weight excluding hydrogens is 266 g/mol. The molecule has 1 amide bonds. The lowest BCUT2D eigenvalue weighted by atomic mass is 10.0. The van der Waals surface area contributed by atoms with Gasteiger partial charge in [0, 0.05) is 44.2 Å². The number of ether oxygens (including phenoxy) is 1. The lowest BCUT2D eigenvalue weighted by molar-refractivity contribution is -0.134. The Morgan fingerprint density at radius 2 is 2.00 bits per heavy atom. The third kappa shape index (κ3) is 3.15. The molecule has 5 heteroatoms. The molecule has 21 heavy (non-hydrogen) atoms. The topological polar surface area (TPSA) is 58.8 Å². The summed E-state index contributed by atoms with van der Waals surface area (Å²) in [6.07, 6.45) is 2.05. The second-order valence-electron chi connectivity index (χ2n) is 6.96. The van der Waals surface area contributed by atoms with Gasteiger partial charge in [0.15, 0.2) is 0 Å². The summed E-state index contributed by atoms with van der Waals surface area (Å²) in [6.45, 7) is 9.17. The second kappa shape index (κ2) is 6.07. The molecule has 0 bridgehead atoms. The SMILES string of the molecule is CC(C)C(=O)N1CCC2=C(C1)CN(C1COCC(N)C1)C2. The van der Waals surface area contributed by atoms with E-state index in [2.05, 4.69) is 4.90 Å². The van der Waals surface area contributed by atoms with Crippen molar-refractivity contribution in [3.05, 3.63) is 11.1 Å². The van der Waals surface area contributed by atoms with Gasteiger partial charge in [-0.05, 0) is 18.4 Å². The molecule has 5 nitrogen and oxygen atoms in total. The van der Waals surface area contributed by atoms with Gasteiger partial charge in [-0.15, -0.1) is 0 Å². The van der Waals surface area contributed by atoms with Crippen molar-refractivity contribution in [2.45, 2.75) is 38.8 Å². The van der Waals surface area contributed by atoms with Crippen molar-refractivity contribution in [2.75, 3.05) is 39.4 Å². The van der Waals surface area contributed by atoms with Crippen LogP contribution >= 0.6 is 0 Å². The fourth-order valence-corrected chi connectivity index (χ4v) is 3.67. The molecule has 2 N–H and O–H groups in total. The molecule has 1 fully saturated rings. The number of carbonyl (C=O) groups is 1. The van der Waals surface area contributed by atoms with Crippen LogP contribution in [0.3, 0.4) is 0 Å². The number of hydrogen-bond acceptors (Lipinski definition) is 4. The average molecular weight is 293 g/mol. The van der Waals surface area contributed by atoms with Gasteiger partial charge in [0.2, 0.25) is 5.91 Å². The van der Waals surface area contributed by atoms with E-state index < -0.39 is 0 Å². The zero-order valence-electron chi connectivity index (χ0n) is 13.2. The van der Waals surface area contributed by atoms with E-state index in [0.29, 0.717) is 12.6 Å². The molecule has 3 aliphatic rings. The lowest BCUT2D eigenvalue weighted by Gasteiger charge is -2.34. The minimum Gasteiger partial charge on any atom is -0.378 e. The van der Waals surface area contributed by atoms with Crippen molar-refractivity contribution in [1.82, 2.24) is 9.80 Å². The molecule has 118 valence electrons. The van der Waals surface area contributed by atoms with Crippen LogP contribution in [0.2, 0.25) is 0 Å². The van der Waals surface area contributed by atoms with Gasteiger partial charge in [-0.3, -0.25) is 9.69 Å². The molecule has 1 saturated heterocycles. The number of hydrogen-bond donors (Lipinski definition) is 1. The maximum atomic E-state index is 12.2. The van der Waals surface area contributed by atoms with Gasteiger partial charge in [-0.1, -0.05) is 19.4 Å². The fraction of sp³-hybridized carbons (Fsp3) is 0.812. The molecule has 2 unspecified atom stereocenters. The van der Waals surface area contributed by atoms with Crippen LogP contribution in [0, 0.1) is 5.92 Å². The van der Waals surface area contributed by atoms with Crippen LogP contribution in [0.4, 0.5) is 0 Å². The van der Waals surface area contributed by atoms with Gasteiger partial charge in [0.25, 0.3) is 0 Å². The summed E-state index contributed by atoms with van der Waals surface area (Å²) < 4.78 is 5.60. The van der Waals surface area contributed by atoms with E-state index in [1.807, 2.05) is 18.7 Å². The smallest absolute Gasteiger partial charge is 0.225 e. The quantitative estimate of drug-likeness (QED) is 0.758. The molecule has 0 aromatic heterocycles.